The van der Waals surface area contributed by atoms with Crippen LogP contribution in [0.3, 0.4) is 0 Å². The molecule has 1 saturated heterocycles. The maximum absolute atomic E-state index is 11.9. The van der Waals surface area contributed by atoms with Crippen LogP contribution in [0.5, 0.6) is 0 Å². The first kappa shape index (κ1) is 14.0. The van der Waals surface area contributed by atoms with Gasteiger partial charge in [-0.05, 0) is 25.0 Å². The number of piperidine rings is 1. The number of rotatable bonds is 4. The van der Waals surface area contributed by atoms with Crippen LogP contribution in [0.2, 0.25) is 0 Å². The van der Waals surface area contributed by atoms with E-state index in [1.54, 1.807) is 6.92 Å². The van der Waals surface area contributed by atoms with Crippen molar-refractivity contribution in [1.82, 2.24) is 4.90 Å². The monoisotopic (exact) mass is 261 g/mol. The lowest BCUT2D eigenvalue weighted by Crippen LogP contribution is -2.47. The van der Waals surface area contributed by atoms with Gasteiger partial charge in [-0.2, -0.15) is 0 Å². The van der Waals surface area contributed by atoms with Gasteiger partial charge in [0.25, 0.3) is 0 Å². The highest BCUT2D eigenvalue weighted by Gasteiger charge is 2.26. The van der Waals surface area contributed by atoms with Gasteiger partial charge in [-0.25, -0.2) is 0 Å². The summed E-state index contributed by atoms with van der Waals surface area (Å²) >= 11 is 0. The number of benzene rings is 1. The van der Waals surface area contributed by atoms with Gasteiger partial charge in [-0.15, -0.1) is 0 Å². The van der Waals surface area contributed by atoms with E-state index in [-0.39, 0.29) is 5.91 Å². The highest BCUT2D eigenvalue weighted by Crippen LogP contribution is 2.23. The van der Waals surface area contributed by atoms with Gasteiger partial charge in [-0.3, -0.25) is 4.79 Å². The van der Waals surface area contributed by atoms with Gasteiger partial charge >= 0.3 is 0 Å². The summed E-state index contributed by atoms with van der Waals surface area (Å²) in [4.78, 5) is 16.3. The molecule has 2 rings (SSSR count). The average molecular weight is 261 g/mol. The van der Waals surface area contributed by atoms with Crippen molar-refractivity contribution in [2.75, 3.05) is 31.1 Å². The number of hydrogen-bond acceptors (Lipinski definition) is 3. The first-order valence-electron chi connectivity index (χ1n) is 6.99. The Kier molecular flexibility index (Phi) is 4.93. The van der Waals surface area contributed by atoms with Crippen LogP contribution in [0, 0.1) is 0 Å². The van der Waals surface area contributed by atoms with Gasteiger partial charge in [0.1, 0.15) is 0 Å². The quantitative estimate of drug-likeness (QED) is 0.892. The van der Waals surface area contributed by atoms with Crippen molar-refractivity contribution in [2.45, 2.75) is 25.8 Å². The predicted octanol–water partition coefficient (Wildman–Crippen LogP) is 1.46. The van der Waals surface area contributed by atoms with E-state index in [1.165, 1.54) is 0 Å². The maximum Gasteiger partial charge on any atom is 0.224 e. The molecule has 0 aromatic heterocycles. The second-order valence-electron chi connectivity index (χ2n) is 5.09. The molecule has 19 heavy (non-hydrogen) atoms. The van der Waals surface area contributed by atoms with Crippen molar-refractivity contribution >= 4 is 11.6 Å². The summed E-state index contributed by atoms with van der Waals surface area (Å²) in [5.74, 6) is 0.128. The molecule has 1 heterocycles. The Morgan fingerprint density at radius 2 is 1.95 bits per heavy atom. The molecule has 1 fully saturated rings. The summed E-state index contributed by atoms with van der Waals surface area (Å²) < 4.78 is 0. The normalized spacial score (nSPS) is 17.4. The van der Waals surface area contributed by atoms with Gasteiger partial charge in [0.2, 0.25) is 5.91 Å². The first-order valence-corrected chi connectivity index (χ1v) is 6.99. The Balaban J connectivity index is 2.04. The van der Waals surface area contributed by atoms with Gasteiger partial charge < -0.3 is 15.5 Å². The smallest absolute Gasteiger partial charge is 0.224 e. The average Bonchev–Trinajstić information content (AvgIpc) is 2.42. The van der Waals surface area contributed by atoms with E-state index < -0.39 is 0 Å². The molecular formula is C15H23N3O. The molecule has 4 heteroatoms. The van der Waals surface area contributed by atoms with Crippen LogP contribution < -0.4 is 10.6 Å². The second-order valence-corrected chi connectivity index (χ2v) is 5.09. The van der Waals surface area contributed by atoms with E-state index in [0.29, 0.717) is 12.6 Å². The van der Waals surface area contributed by atoms with Crippen molar-refractivity contribution in [3.05, 3.63) is 30.3 Å². The molecule has 0 saturated carbocycles. The number of carbonyl (C=O) groups is 1. The molecule has 104 valence electrons. The topological polar surface area (TPSA) is 49.6 Å². The Labute approximate surface area is 115 Å². The van der Waals surface area contributed by atoms with Gasteiger partial charge in [0.15, 0.2) is 0 Å². The fourth-order valence-electron chi connectivity index (χ4n) is 2.82. The molecule has 0 bridgehead atoms. The predicted molar refractivity (Wildman–Crippen MR) is 78.1 cm³/mol. The SMILES string of the molecule is CC(=O)N(c1ccccc1)C1CCN(CCN)CC1. The molecule has 1 aromatic rings. The summed E-state index contributed by atoms with van der Waals surface area (Å²) in [6.07, 6.45) is 2.04. The highest BCUT2D eigenvalue weighted by atomic mass is 16.2. The minimum Gasteiger partial charge on any atom is -0.329 e. The standard InChI is InChI=1S/C15H23N3O/c1-13(19)18(14-5-3-2-4-6-14)15-7-10-17(11-8-15)12-9-16/h2-6,15H,7-12,16H2,1H3. The van der Waals surface area contributed by atoms with Crippen LogP contribution in [0.1, 0.15) is 19.8 Å². The summed E-state index contributed by atoms with van der Waals surface area (Å²) in [6, 6.07) is 10.3. The molecule has 0 unspecified atom stereocenters. The summed E-state index contributed by atoms with van der Waals surface area (Å²) in [5, 5.41) is 0. The van der Waals surface area contributed by atoms with Crippen LogP contribution in [0.4, 0.5) is 5.69 Å². The third-order valence-corrected chi connectivity index (χ3v) is 3.74. The summed E-state index contributed by atoms with van der Waals surface area (Å²) in [5.41, 5.74) is 6.59. The minimum atomic E-state index is 0.128. The Hall–Kier alpha value is -1.39. The van der Waals surface area contributed by atoms with E-state index in [1.807, 2.05) is 35.2 Å². The number of nitrogens with zero attached hydrogens (tertiary/aromatic N) is 2. The minimum absolute atomic E-state index is 0.128. The van der Waals surface area contributed by atoms with Crippen LogP contribution in [-0.4, -0.2) is 43.0 Å². The van der Waals surface area contributed by atoms with E-state index in [4.69, 9.17) is 5.73 Å². The molecular weight excluding hydrogens is 238 g/mol. The lowest BCUT2D eigenvalue weighted by atomic mass is 10.0. The Bertz CT molecular complexity index is 399. The summed E-state index contributed by atoms with van der Waals surface area (Å²) in [6.45, 7) is 5.37. The number of nitrogens with two attached hydrogens (primary N) is 1. The fourth-order valence-corrected chi connectivity index (χ4v) is 2.82. The number of para-hydroxylation sites is 1. The zero-order chi connectivity index (χ0) is 13.7. The number of hydrogen-bond donors (Lipinski definition) is 1. The van der Waals surface area contributed by atoms with Crippen molar-refractivity contribution in [3.63, 3.8) is 0 Å². The van der Waals surface area contributed by atoms with Gasteiger partial charge in [-0.1, -0.05) is 18.2 Å². The van der Waals surface area contributed by atoms with Crippen LogP contribution >= 0.6 is 0 Å². The molecule has 0 atom stereocenters. The Morgan fingerprint density at radius 3 is 2.47 bits per heavy atom. The van der Waals surface area contributed by atoms with Crippen molar-refractivity contribution < 1.29 is 4.79 Å². The highest BCUT2D eigenvalue weighted by molar-refractivity contribution is 5.92. The van der Waals surface area contributed by atoms with Crippen molar-refractivity contribution in [3.8, 4) is 0 Å². The fraction of sp³-hybridized carbons (Fsp3) is 0.533. The molecule has 1 amide bonds. The molecule has 1 aliphatic rings. The van der Waals surface area contributed by atoms with Crippen LogP contribution in [-0.2, 0) is 4.79 Å². The number of anilines is 1. The third kappa shape index (κ3) is 3.55. The lowest BCUT2D eigenvalue weighted by molar-refractivity contribution is -0.117. The van der Waals surface area contributed by atoms with E-state index in [9.17, 15) is 4.79 Å². The molecule has 2 N–H and O–H groups in total. The molecule has 4 nitrogen and oxygen atoms in total. The molecule has 1 aromatic carbocycles. The van der Waals surface area contributed by atoms with Crippen molar-refractivity contribution in [2.24, 2.45) is 5.73 Å². The lowest BCUT2D eigenvalue weighted by Gasteiger charge is -2.38. The van der Waals surface area contributed by atoms with Crippen LogP contribution in [0.25, 0.3) is 0 Å². The van der Waals surface area contributed by atoms with E-state index >= 15 is 0 Å². The second kappa shape index (κ2) is 6.68. The zero-order valence-corrected chi connectivity index (χ0v) is 11.6. The zero-order valence-electron chi connectivity index (χ0n) is 11.6. The van der Waals surface area contributed by atoms with E-state index in [2.05, 4.69) is 4.90 Å². The van der Waals surface area contributed by atoms with Crippen LogP contribution in [0.15, 0.2) is 30.3 Å². The molecule has 0 radical (unpaired) electrons. The first-order chi connectivity index (χ1) is 9.22. The maximum atomic E-state index is 11.9. The molecule has 0 aliphatic carbocycles. The van der Waals surface area contributed by atoms with E-state index in [0.717, 1.165) is 38.2 Å². The number of likely N-dealkylation sites (tertiary alicyclic amines) is 1. The number of amides is 1. The Morgan fingerprint density at radius 1 is 1.32 bits per heavy atom. The van der Waals surface area contributed by atoms with Crippen molar-refractivity contribution in [1.29, 1.82) is 0 Å². The molecule has 1 aliphatic heterocycles. The van der Waals surface area contributed by atoms with Gasteiger partial charge in [0.05, 0.1) is 0 Å². The third-order valence-electron chi connectivity index (χ3n) is 3.74. The number of carbonyl (C=O) groups excluding carboxylic acids is 1. The molecule has 0 spiro atoms. The summed E-state index contributed by atoms with van der Waals surface area (Å²) in [7, 11) is 0. The largest absolute Gasteiger partial charge is 0.329 e. The van der Waals surface area contributed by atoms with Gasteiger partial charge in [0, 0.05) is 44.8 Å².